The summed E-state index contributed by atoms with van der Waals surface area (Å²) in [5.41, 5.74) is 1.06. The van der Waals surface area contributed by atoms with Crippen LogP contribution in [0, 0.1) is 5.82 Å². The van der Waals surface area contributed by atoms with Crippen molar-refractivity contribution in [2.24, 2.45) is 0 Å². The molecule has 2 unspecified atom stereocenters. The zero-order valence-corrected chi connectivity index (χ0v) is 12.1. The second kappa shape index (κ2) is 6.35. The molecule has 0 aliphatic carbocycles. The molecule has 0 spiro atoms. The SMILES string of the molecule is CC(Cc1ccc(F)cc1)c1nc(CC2CCCO2)no1. The van der Waals surface area contributed by atoms with Crippen LogP contribution in [0.25, 0.3) is 0 Å². The molecule has 112 valence electrons. The molecule has 0 N–H and O–H groups in total. The Kier molecular flexibility index (Phi) is 4.29. The van der Waals surface area contributed by atoms with Crippen molar-refractivity contribution in [3.05, 3.63) is 47.4 Å². The summed E-state index contributed by atoms with van der Waals surface area (Å²) in [5, 5.41) is 4.03. The van der Waals surface area contributed by atoms with Gasteiger partial charge in [-0.3, -0.25) is 0 Å². The zero-order chi connectivity index (χ0) is 14.7. The molecule has 4 nitrogen and oxygen atoms in total. The molecule has 5 heteroatoms. The van der Waals surface area contributed by atoms with Crippen molar-refractivity contribution < 1.29 is 13.7 Å². The van der Waals surface area contributed by atoms with E-state index < -0.39 is 0 Å². The third-order valence-electron chi connectivity index (χ3n) is 3.79. The first-order chi connectivity index (χ1) is 10.2. The predicted octanol–water partition coefficient (Wildman–Crippen LogP) is 3.28. The highest BCUT2D eigenvalue weighted by atomic mass is 19.1. The number of nitrogens with zero attached hydrogens (tertiary/aromatic N) is 2. The summed E-state index contributed by atoms with van der Waals surface area (Å²) in [4.78, 5) is 4.46. The molecule has 3 rings (SSSR count). The Hall–Kier alpha value is -1.75. The topological polar surface area (TPSA) is 48.2 Å². The van der Waals surface area contributed by atoms with E-state index in [1.54, 1.807) is 12.1 Å². The minimum Gasteiger partial charge on any atom is -0.378 e. The van der Waals surface area contributed by atoms with Gasteiger partial charge in [0.05, 0.1) is 6.10 Å². The summed E-state index contributed by atoms with van der Waals surface area (Å²) in [6.07, 6.45) is 3.86. The maximum atomic E-state index is 12.9. The first-order valence-corrected chi connectivity index (χ1v) is 7.39. The smallest absolute Gasteiger partial charge is 0.229 e. The van der Waals surface area contributed by atoms with Gasteiger partial charge in [0.25, 0.3) is 0 Å². The highest BCUT2D eigenvalue weighted by Crippen LogP contribution is 2.21. The van der Waals surface area contributed by atoms with Crippen molar-refractivity contribution in [1.82, 2.24) is 10.1 Å². The normalized spacial score (nSPS) is 19.8. The molecule has 2 atom stereocenters. The van der Waals surface area contributed by atoms with E-state index in [-0.39, 0.29) is 17.8 Å². The van der Waals surface area contributed by atoms with E-state index >= 15 is 0 Å². The lowest BCUT2D eigenvalue weighted by atomic mass is 10.0. The lowest BCUT2D eigenvalue weighted by Gasteiger charge is -2.06. The second-order valence-electron chi connectivity index (χ2n) is 5.62. The van der Waals surface area contributed by atoms with E-state index in [9.17, 15) is 4.39 Å². The summed E-state index contributed by atoms with van der Waals surface area (Å²) in [6, 6.07) is 6.52. The first-order valence-electron chi connectivity index (χ1n) is 7.39. The molecule has 1 aliphatic rings. The second-order valence-corrected chi connectivity index (χ2v) is 5.62. The molecule has 1 aliphatic heterocycles. The fraction of sp³-hybridized carbons (Fsp3) is 0.500. The van der Waals surface area contributed by atoms with Crippen LogP contribution in [-0.4, -0.2) is 22.9 Å². The third-order valence-corrected chi connectivity index (χ3v) is 3.79. The largest absolute Gasteiger partial charge is 0.378 e. The van der Waals surface area contributed by atoms with Gasteiger partial charge in [-0.05, 0) is 37.0 Å². The number of hydrogen-bond donors (Lipinski definition) is 0. The Bertz CT molecular complexity index is 576. The van der Waals surface area contributed by atoms with Crippen LogP contribution in [0.1, 0.15) is 43.0 Å². The molecular weight excluding hydrogens is 271 g/mol. The summed E-state index contributed by atoms with van der Waals surface area (Å²) in [7, 11) is 0. The van der Waals surface area contributed by atoms with Gasteiger partial charge < -0.3 is 9.26 Å². The van der Waals surface area contributed by atoms with Crippen molar-refractivity contribution in [2.45, 2.75) is 44.6 Å². The lowest BCUT2D eigenvalue weighted by molar-refractivity contribution is 0.109. The van der Waals surface area contributed by atoms with Crippen molar-refractivity contribution in [2.75, 3.05) is 6.61 Å². The lowest BCUT2D eigenvalue weighted by Crippen LogP contribution is -2.10. The van der Waals surface area contributed by atoms with Crippen LogP contribution in [0.4, 0.5) is 4.39 Å². The highest BCUT2D eigenvalue weighted by molar-refractivity contribution is 5.18. The van der Waals surface area contributed by atoms with Crippen molar-refractivity contribution in [1.29, 1.82) is 0 Å². The van der Waals surface area contributed by atoms with E-state index in [0.717, 1.165) is 31.4 Å². The van der Waals surface area contributed by atoms with Crippen LogP contribution in [0.5, 0.6) is 0 Å². The number of aromatic nitrogens is 2. The summed E-state index contributed by atoms with van der Waals surface area (Å²) >= 11 is 0. The molecule has 0 saturated carbocycles. The molecule has 0 amide bonds. The highest BCUT2D eigenvalue weighted by Gasteiger charge is 2.20. The number of benzene rings is 1. The predicted molar refractivity (Wildman–Crippen MR) is 75.5 cm³/mol. The molecular formula is C16H19FN2O2. The number of rotatable bonds is 5. The Labute approximate surface area is 123 Å². The average Bonchev–Trinajstić information content (AvgIpc) is 3.13. The summed E-state index contributed by atoms with van der Waals surface area (Å²) in [6.45, 7) is 2.86. The summed E-state index contributed by atoms with van der Waals surface area (Å²) in [5.74, 6) is 1.24. The van der Waals surface area contributed by atoms with Gasteiger partial charge in [-0.15, -0.1) is 0 Å². The fourth-order valence-electron chi connectivity index (χ4n) is 2.62. The van der Waals surface area contributed by atoms with Crippen molar-refractivity contribution in [3.63, 3.8) is 0 Å². The fourth-order valence-corrected chi connectivity index (χ4v) is 2.62. The number of halogens is 1. The van der Waals surface area contributed by atoms with Crippen LogP contribution >= 0.6 is 0 Å². The minimum atomic E-state index is -0.219. The molecule has 0 radical (unpaired) electrons. The van der Waals surface area contributed by atoms with E-state index in [1.807, 2.05) is 6.92 Å². The van der Waals surface area contributed by atoms with E-state index in [4.69, 9.17) is 9.26 Å². The maximum Gasteiger partial charge on any atom is 0.229 e. The minimum absolute atomic E-state index is 0.112. The van der Waals surface area contributed by atoms with Gasteiger partial charge in [0.1, 0.15) is 5.82 Å². The van der Waals surface area contributed by atoms with Gasteiger partial charge >= 0.3 is 0 Å². The van der Waals surface area contributed by atoms with Crippen LogP contribution < -0.4 is 0 Å². The van der Waals surface area contributed by atoms with Gasteiger partial charge in [0.15, 0.2) is 5.82 Å². The van der Waals surface area contributed by atoms with Gasteiger partial charge in [0, 0.05) is 18.9 Å². The van der Waals surface area contributed by atoms with Crippen LogP contribution in [0.2, 0.25) is 0 Å². The number of hydrogen-bond acceptors (Lipinski definition) is 4. The Balaban J connectivity index is 1.60. The van der Waals surface area contributed by atoms with E-state index in [1.165, 1.54) is 12.1 Å². The van der Waals surface area contributed by atoms with Gasteiger partial charge in [-0.2, -0.15) is 4.98 Å². The monoisotopic (exact) mass is 290 g/mol. The maximum absolute atomic E-state index is 12.9. The average molecular weight is 290 g/mol. The Morgan fingerprint density at radius 1 is 1.33 bits per heavy atom. The number of ether oxygens (including phenoxy) is 1. The van der Waals surface area contributed by atoms with Crippen molar-refractivity contribution in [3.8, 4) is 0 Å². The summed E-state index contributed by atoms with van der Waals surface area (Å²) < 4.78 is 23.8. The molecule has 1 fully saturated rings. The standard InChI is InChI=1S/C16H19FN2O2/c1-11(9-12-4-6-13(17)7-5-12)16-18-15(19-21-16)10-14-3-2-8-20-14/h4-7,11,14H,2-3,8-10H2,1H3. The van der Waals surface area contributed by atoms with Crippen LogP contribution in [0.3, 0.4) is 0 Å². The van der Waals surface area contributed by atoms with E-state index in [0.29, 0.717) is 18.1 Å². The molecule has 2 heterocycles. The third kappa shape index (κ3) is 3.67. The zero-order valence-electron chi connectivity index (χ0n) is 12.1. The van der Waals surface area contributed by atoms with Gasteiger partial charge in [-0.1, -0.05) is 24.2 Å². The van der Waals surface area contributed by atoms with Crippen molar-refractivity contribution >= 4 is 0 Å². The first kappa shape index (κ1) is 14.2. The van der Waals surface area contributed by atoms with Gasteiger partial charge in [0.2, 0.25) is 5.89 Å². The molecule has 2 aromatic rings. The van der Waals surface area contributed by atoms with E-state index in [2.05, 4.69) is 10.1 Å². The molecule has 1 saturated heterocycles. The van der Waals surface area contributed by atoms with Gasteiger partial charge in [-0.25, -0.2) is 4.39 Å². The van der Waals surface area contributed by atoms with Crippen LogP contribution in [-0.2, 0) is 17.6 Å². The molecule has 0 bridgehead atoms. The van der Waals surface area contributed by atoms with Crippen LogP contribution in [0.15, 0.2) is 28.8 Å². The molecule has 1 aromatic heterocycles. The Morgan fingerprint density at radius 2 is 2.14 bits per heavy atom. The quantitative estimate of drug-likeness (QED) is 0.848. The Morgan fingerprint density at radius 3 is 2.86 bits per heavy atom. The molecule has 1 aromatic carbocycles. The molecule has 21 heavy (non-hydrogen) atoms.